The molecule has 0 saturated heterocycles. The predicted octanol–water partition coefficient (Wildman–Crippen LogP) is 5.08. The predicted molar refractivity (Wildman–Crippen MR) is 97.4 cm³/mol. The Hall–Kier alpha value is -2.43. The fourth-order valence-corrected chi connectivity index (χ4v) is 3.02. The average molecular weight is 343 g/mol. The number of ether oxygens (including phenoxy) is 1. The van der Waals surface area contributed by atoms with E-state index >= 15 is 0 Å². The molecule has 1 aliphatic carbocycles. The monoisotopic (exact) mass is 343 g/mol. The summed E-state index contributed by atoms with van der Waals surface area (Å²) in [6.07, 6.45) is 7.83. The van der Waals surface area contributed by atoms with Gasteiger partial charge in [-0.3, -0.25) is 10.1 Å². The van der Waals surface area contributed by atoms with Gasteiger partial charge in [0.05, 0.1) is 10.5 Å². The largest absolute Gasteiger partial charge is 0.454 e. The molecule has 0 amide bonds. The molecule has 0 fully saturated rings. The second-order valence-corrected chi connectivity index (χ2v) is 7.33. The Labute approximate surface area is 148 Å². The topological polar surface area (TPSA) is 69.4 Å². The highest BCUT2D eigenvalue weighted by Crippen LogP contribution is 2.41. The highest BCUT2D eigenvalue weighted by atomic mass is 16.6. The highest BCUT2D eigenvalue weighted by Gasteiger charge is 2.39. The second-order valence-electron chi connectivity index (χ2n) is 7.33. The molecule has 2 rings (SSSR count). The van der Waals surface area contributed by atoms with E-state index in [2.05, 4.69) is 39.8 Å². The average Bonchev–Trinajstić information content (AvgIpc) is 2.55. The number of hydrogen-bond acceptors (Lipinski definition) is 4. The minimum absolute atomic E-state index is 0.0452. The van der Waals surface area contributed by atoms with E-state index in [-0.39, 0.29) is 17.2 Å². The number of hydrogen-bond donors (Lipinski definition) is 0. The molecule has 0 radical (unpaired) electrons. The molecule has 0 N–H and O–H groups in total. The number of nitro benzene ring substituents is 1. The number of rotatable bonds is 5. The first-order valence-electron chi connectivity index (χ1n) is 8.47. The minimum Gasteiger partial charge on any atom is -0.454 e. The van der Waals surface area contributed by atoms with Crippen molar-refractivity contribution in [2.45, 2.75) is 46.6 Å². The molecule has 1 aliphatic rings. The number of nitro groups is 1. The van der Waals surface area contributed by atoms with Crippen molar-refractivity contribution in [2.75, 3.05) is 0 Å². The zero-order chi connectivity index (χ0) is 18.6. The van der Waals surface area contributed by atoms with Crippen LogP contribution in [0.25, 0.3) is 0 Å². The number of benzene rings is 1. The smallest absolute Gasteiger partial charge is 0.338 e. The van der Waals surface area contributed by atoms with Gasteiger partial charge in [-0.05, 0) is 50.8 Å². The molecule has 5 nitrogen and oxygen atoms in total. The summed E-state index contributed by atoms with van der Waals surface area (Å²) < 4.78 is 5.71. The van der Waals surface area contributed by atoms with Crippen LogP contribution in [0.5, 0.6) is 0 Å². The summed E-state index contributed by atoms with van der Waals surface area (Å²) in [5.41, 5.74) is 1.37. The van der Waals surface area contributed by atoms with Gasteiger partial charge in [0, 0.05) is 17.5 Å². The van der Waals surface area contributed by atoms with Crippen LogP contribution in [0.4, 0.5) is 5.69 Å². The molecule has 0 heterocycles. The van der Waals surface area contributed by atoms with Gasteiger partial charge in [-0.15, -0.1) is 0 Å². The van der Waals surface area contributed by atoms with Crippen LogP contribution in [0.1, 0.15) is 50.9 Å². The van der Waals surface area contributed by atoms with Gasteiger partial charge in [-0.2, -0.15) is 0 Å². The molecule has 1 aromatic carbocycles. The molecule has 2 unspecified atom stereocenters. The standard InChI is InChI=1S/C20H25NO4/c1-14(2)8-11-16-6-5-7-18(20(16,3)4)25-19(22)15-9-12-17(13-10-15)21(23)24/h5,7-10,12-13,16,18H,6,11H2,1-4H3. The van der Waals surface area contributed by atoms with Crippen LogP contribution in [-0.2, 0) is 4.74 Å². The van der Waals surface area contributed by atoms with Crippen LogP contribution in [0.2, 0.25) is 0 Å². The number of esters is 1. The lowest BCUT2D eigenvalue weighted by Crippen LogP contribution is -2.40. The lowest BCUT2D eigenvalue weighted by atomic mass is 9.68. The van der Waals surface area contributed by atoms with Gasteiger partial charge in [0.2, 0.25) is 0 Å². The summed E-state index contributed by atoms with van der Waals surface area (Å²) in [7, 11) is 0. The molecule has 2 atom stereocenters. The Morgan fingerprint density at radius 1 is 1.32 bits per heavy atom. The summed E-state index contributed by atoms with van der Waals surface area (Å²) in [6.45, 7) is 8.40. The van der Waals surface area contributed by atoms with Gasteiger partial charge < -0.3 is 4.74 Å². The quantitative estimate of drug-likeness (QED) is 0.323. The summed E-state index contributed by atoms with van der Waals surface area (Å²) in [5, 5.41) is 10.7. The molecular weight excluding hydrogens is 318 g/mol. The fraction of sp³-hybridized carbons (Fsp3) is 0.450. The fourth-order valence-electron chi connectivity index (χ4n) is 3.02. The number of allylic oxidation sites excluding steroid dienone is 3. The Kier molecular flexibility index (Phi) is 5.77. The van der Waals surface area contributed by atoms with E-state index in [0.29, 0.717) is 11.5 Å². The zero-order valence-corrected chi connectivity index (χ0v) is 15.2. The molecule has 0 saturated carbocycles. The van der Waals surface area contributed by atoms with E-state index < -0.39 is 10.9 Å². The van der Waals surface area contributed by atoms with Gasteiger partial charge in [-0.25, -0.2) is 4.79 Å². The SMILES string of the molecule is CC(C)=CCC1CC=CC(OC(=O)c2ccc([N+](=O)[O-])cc2)C1(C)C. The van der Waals surface area contributed by atoms with Gasteiger partial charge in [-0.1, -0.05) is 31.6 Å². The molecule has 1 aromatic rings. The van der Waals surface area contributed by atoms with Crippen LogP contribution in [0.15, 0.2) is 48.1 Å². The maximum absolute atomic E-state index is 12.4. The van der Waals surface area contributed by atoms with Crippen molar-refractivity contribution in [1.29, 1.82) is 0 Å². The van der Waals surface area contributed by atoms with Crippen LogP contribution in [-0.4, -0.2) is 17.0 Å². The maximum atomic E-state index is 12.4. The first kappa shape index (κ1) is 18.9. The first-order chi connectivity index (χ1) is 11.7. The van der Waals surface area contributed by atoms with E-state index in [9.17, 15) is 14.9 Å². The van der Waals surface area contributed by atoms with Crippen LogP contribution in [0.3, 0.4) is 0 Å². The van der Waals surface area contributed by atoms with E-state index in [1.54, 1.807) is 0 Å². The molecule has 25 heavy (non-hydrogen) atoms. The van der Waals surface area contributed by atoms with Crippen LogP contribution < -0.4 is 0 Å². The molecule has 0 aromatic heterocycles. The van der Waals surface area contributed by atoms with Crippen molar-refractivity contribution >= 4 is 11.7 Å². The van der Waals surface area contributed by atoms with Crippen LogP contribution >= 0.6 is 0 Å². The highest BCUT2D eigenvalue weighted by molar-refractivity contribution is 5.89. The van der Waals surface area contributed by atoms with E-state index in [0.717, 1.165) is 12.8 Å². The summed E-state index contributed by atoms with van der Waals surface area (Å²) in [5.74, 6) is -0.0671. The number of carbonyl (C=O) groups excluding carboxylic acids is 1. The Morgan fingerprint density at radius 3 is 2.52 bits per heavy atom. The van der Waals surface area contributed by atoms with Crippen molar-refractivity contribution in [3.63, 3.8) is 0 Å². The molecule has 0 spiro atoms. The molecule has 134 valence electrons. The third kappa shape index (κ3) is 4.56. The van der Waals surface area contributed by atoms with Crippen molar-refractivity contribution in [3.8, 4) is 0 Å². The van der Waals surface area contributed by atoms with Crippen molar-refractivity contribution in [2.24, 2.45) is 11.3 Å². The third-order valence-corrected chi connectivity index (χ3v) is 4.88. The number of carbonyl (C=O) groups is 1. The zero-order valence-electron chi connectivity index (χ0n) is 15.2. The molecule has 0 bridgehead atoms. The third-order valence-electron chi connectivity index (χ3n) is 4.88. The number of nitrogens with zero attached hydrogens (tertiary/aromatic N) is 1. The normalized spacial score (nSPS) is 21.4. The maximum Gasteiger partial charge on any atom is 0.338 e. The Bertz CT molecular complexity index is 697. The lowest BCUT2D eigenvalue weighted by Gasteiger charge is -2.41. The molecule has 5 heteroatoms. The molecule has 0 aliphatic heterocycles. The van der Waals surface area contributed by atoms with Gasteiger partial charge in [0.15, 0.2) is 0 Å². The molecular formula is C20H25NO4. The van der Waals surface area contributed by atoms with Crippen molar-refractivity contribution < 1.29 is 14.5 Å². The number of non-ortho nitro benzene ring substituents is 1. The van der Waals surface area contributed by atoms with Crippen LogP contribution in [0, 0.1) is 21.4 Å². The van der Waals surface area contributed by atoms with Crippen molar-refractivity contribution in [1.82, 2.24) is 0 Å². The summed E-state index contributed by atoms with van der Waals surface area (Å²) in [6, 6.07) is 5.49. The van der Waals surface area contributed by atoms with Crippen molar-refractivity contribution in [3.05, 3.63) is 63.7 Å². The minimum atomic E-state index is -0.490. The van der Waals surface area contributed by atoms with Gasteiger partial charge in [0.25, 0.3) is 5.69 Å². The summed E-state index contributed by atoms with van der Waals surface area (Å²) >= 11 is 0. The first-order valence-corrected chi connectivity index (χ1v) is 8.47. The van der Waals surface area contributed by atoms with E-state index in [4.69, 9.17) is 4.74 Å². The summed E-state index contributed by atoms with van der Waals surface area (Å²) in [4.78, 5) is 22.6. The Balaban J connectivity index is 2.11. The second kappa shape index (κ2) is 7.64. The van der Waals surface area contributed by atoms with E-state index in [1.165, 1.54) is 29.8 Å². The van der Waals surface area contributed by atoms with Gasteiger partial charge in [0.1, 0.15) is 6.10 Å². The van der Waals surface area contributed by atoms with E-state index in [1.807, 2.05) is 6.08 Å². The lowest BCUT2D eigenvalue weighted by molar-refractivity contribution is -0.384. The Morgan fingerprint density at radius 2 is 1.96 bits per heavy atom. The van der Waals surface area contributed by atoms with Gasteiger partial charge >= 0.3 is 5.97 Å².